The first kappa shape index (κ1) is 19.9. The zero-order chi connectivity index (χ0) is 21.3. The van der Waals surface area contributed by atoms with Crippen LogP contribution >= 0.6 is 11.8 Å². The van der Waals surface area contributed by atoms with E-state index in [1.807, 2.05) is 67.5 Å². The van der Waals surface area contributed by atoms with E-state index in [0.29, 0.717) is 0 Å². The van der Waals surface area contributed by atoms with Gasteiger partial charge in [-0.2, -0.15) is 0 Å². The first-order valence-electron chi connectivity index (χ1n) is 9.59. The average Bonchev–Trinajstić information content (AvgIpc) is 3.06. The number of aromatic hydroxyl groups is 1. The summed E-state index contributed by atoms with van der Waals surface area (Å²) in [6.07, 6.45) is 0. The third kappa shape index (κ3) is 4.00. The van der Waals surface area contributed by atoms with Crippen LogP contribution in [-0.2, 0) is 4.79 Å². The minimum atomic E-state index is -0.100. The summed E-state index contributed by atoms with van der Waals surface area (Å²) < 4.78 is 0. The lowest BCUT2D eigenvalue weighted by atomic mass is 10.1. The van der Waals surface area contributed by atoms with E-state index in [1.165, 1.54) is 6.92 Å². The zero-order valence-electron chi connectivity index (χ0n) is 17.1. The molecule has 6 heteroatoms. The van der Waals surface area contributed by atoms with Crippen LogP contribution in [0.2, 0.25) is 0 Å². The molecule has 4 aromatic rings. The summed E-state index contributed by atoms with van der Waals surface area (Å²) in [7, 11) is 3.81. The Hall–Kier alpha value is -3.38. The minimum Gasteiger partial charge on any atom is -0.506 e. The number of amides is 1. The molecule has 0 atom stereocenters. The summed E-state index contributed by atoms with van der Waals surface area (Å²) in [5.74, 6) is 0.140. The molecule has 0 aliphatic heterocycles. The zero-order valence-corrected chi connectivity index (χ0v) is 17.9. The van der Waals surface area contributed by atoms with E-state index >= 15 is 0 Å². The molecular formula is C24H23N3O2S. The molecule has 1 aromatic heterocycles. The predicted octanol–water partition coefficient (Wildman–Crippen LogP) is 5.72. The molecule has 152 valence electrons. The second kappa shape index (κ2) is 8.16. The number of aromatic amines is 1. The molecule has 0 spiro atoms. The monoisotopic (exact) mass is 417 g/mol. The van der Waals surface area contributed by atoms with E-state index < -0.39 is 0 Å². The molecule has 0 aliphatic rings. The van der Waals surface area contributed by atoms with Gasteiger partial charge in [-0.25, -0.2) is 0 Å². The van der Waals surface area contributed by atoms with Crippen LogP contribution in [0.15, 0.2) is 76.5 Å². The van der Waals surface area contributed by atoms with Crippen LogP contribution in [0.1, 0.15) is 6.92 Å². The highest BCUT2D eigenvalue weighted by atomic mass is 32.2. The molecule has 4 rings (SSSR count). The Kier molecular flexibility index (Phi) is 5.42. The van der Waals surface area contributed by atoms with E-state index in [4.69, 9.17) is 0 Å². The smallest absolute Gasteiger partial charge is 0.221 e. The van der Waals surface area contributed by atoms with E-state index in [9.17, 15) is 9.90 Å². The predicted molar refractivity (Wildman–Crippen MR) is 125 cm³/mol. The van der Waals surface area contributed by atoms with E-state index in [2.05, 4.69) is 22.4 Å². The van der Waals surface area contributed by atoms with Gasteiger partial charge in [0.2, 0.25) is 5.91 Å². The number of anilines is 2. The van der Waals surface area contributed by atoms with Gasteiger partial charge in [-0.15, -0.1) is 0 Å². The molecule has 3 aromatic carbocycles. The van der Waals surface area contributed by atoms with Crippen LogP contribution in [0.3, 0.4) is 0 Å². The van der Waals surface area contributed by atoms with Crippen LogP contribution in [0.5, 0.6) is 5.75 Å². The van der Waals surface area contributed by atoms with Crippen LogP contribution in [0, 0.1) is 0 Å². The van der Waals surface area contributed by atoms with E-state index in [-0.39, 0.29) is 11.7 Å². The quantitative estimate of drug-likeness (QED) is 0.389. The fraction of sp³-hybridized carbons (Fsp3) is 0.125. The van der Waals surface area contributed by atoms with Crippen molar-refractivity contribution in [2.45, 2.75) is 16.7 Å². The second-order valence-electron chi connectivity index (χ2n) is 7.28. The number of carbonyl (C=O) groups excluding carboxylic acids is 1. The highest BCUT2D eigenvalue weighted by Crippen LogP contribution is 2.43. The molecule has 30 heavy (non-hydrogen) atoms. The molecule has 0 aliphatic carbocycles. The van der Waals surface area contributed by atoms with Crippen LogP contribution < -0.4 is 10.2 Å². The van der Waals surface area contributed by atoms with Crippen LogP contribution in [0.4, 0.5) is 11.4 Å². The van der Waals surface area contributed by atoms with Crippen molar-refractivity contribution >= 4 is 39.9 Å². The average molecular weight is 418 g/mol. The summed E-state index contributed by atoms with van der Waals surface area (Å²) in [5.41, 5.74) is 4.45. The van der Waals surface area contributed by atoms with Crippen molar-refractivity contribution in [2.75, 3.05) is 24.3 Å². The Bertz CT molecular complexity index is 1220. The standard InChI is InChI=1S/C24H23N3O2S/c1-15(28)25-17-10-11-20-19(14-17)24(30-18-7-5-4-6-8-18)23(26-20)16-9-12-22(29)21(13-16)27(2)3/h4-14,26,29H,1-3H3,(H,25,28). The first-order chi connectivity index (χ1) is 14.4. The number of phenols is 1. The lowest BCUT2D eigenvalue weighted by Crippen LogP contribution is -2.08. The van der Waals surface area contributed by atoms with Crippen LogP contribution in [0.25, 0.3) is 22.2 Å². The van der Waals surface area contributed by atoms with Crippen molar-refractivity contribution in [2.24, 2.45) is 0 Å². The number of rotatable bonds is 5. The molecule has 1 amide bonds. The van der Waals surface area contributed by atoms with Gasteiger partial charge in [-0.1, -0.05) is 30.0 Å². The maximum atomic E-state index is 11.5. The fourth-order valence-corrected chi connectivity index (χ4v) is 4.48. The van der Waals surface area contributed by atoms with E-state index in [0.717, 1.165) is 43.3 Å². The number of carbonyl (C=O) groups is 1. The third-order valence-electron chi connectivity index (χ3n) is 4.78. The van der Waals surface area contributed by atoms with Gasteiger partial charge in [0.15, 0.2) is 0 Å². The summed E-state index contributed by atoms with van der Waals surface area (Å²) in [6, 6.07) is 21.7. The first-order valence-corrected chi connectivity index (χ1v) is 10.4. The molecule has 0 unspecified atom stereocenters. The minimum absolute atomic E-state index is 0.100. The van der Waals surface area contributed by atoms with Gasteiger partial charge in [0.1, 0.15) is 5.75 Å². The Labute approximate surface area is 179 Å². The third-order valence-corrected chi connectivity index (χ3v) is 5.92. The largest absolute Gasteiger partial charge is 0.506 e. The molecule has 3 N–H and O–H groups in total. The fourth-order valence-electron chi connectivity index (χ4n) is 3.40. The molecule has 0 saturated carbocycles. The maximum Gasteiger partial charge on any atom is 0.221 e. The SMILES string of the molecule is CC(=O)Nc1ccc2[nH]c(-c3ccc(O)c(N(C)C)c3)c(Sc3ccccc3)c2c1. The normalized spacial score (nSPS) is 10.9. The number of nitrogens with zero attached hydrogens (tertiary/aromatic N) is 1. The summed E-state index contributed by atoms with van der Waals surface area (Å²) in [6.45, 7) is 1.51. The molecule has 0 radical (unpaired) electrons. The van der Waals surface area contributed by atoms with Gasteiger partial charge in [0.05, 0.1) is 11.4 Å². The van der Waals surface area contributed by atoms with Crippen molar-refractivity contribution in [3.05, 3.63) is 66.7 Å². The van der Waals surface area contributed by atoms with Gasteiger partial charge in [0.25, 0.3) is 0 Å². The molecule has 0 fully saturated rings. The Morgan fingerprint density at radius 2 is 1.80 bits per heavy atom. The Balaban J connectivity index is 1.91. The highest BCUT2D eigenvalue weighted by molar-refractivity contribution is 7.99. The number of H-pyrrole nitrogens is 1. The number of phenolic OH excluding ortho intramolecular Hbond substituents is 1. The number of nitrogens with one attached hydrogen (secondary N) is 2. The van der Waals surface area contributed by atoms with Crippen molar-refractivity contribution in [3.8, 4) is 17.0 Å². The van der Waals surface area contributed by atoms with Crippen molar-refractivity contribution in [1.82, 2.24) is 4.98 Å². The molecule has 5 nitrogen and oxygen atoms in total. The maximum absolute atomic E-state index is 11.5. The summed E-state index contributed by atoms with van der Waals surface area (Å²) in [4.78, 5) is 19.1. The lowest BCUT2D eigenvalue weighted by molar-refractivity contribution is -0.114. The Morgan fingerprint density at radius 1 is 1.03 bits per heavy atom. The summed E-state index contributed by atoms with van der Waals surface area (Å²) >= 11 is 1.67. The van der Waals surface area contributed by atoms with Gasteiger partial charge in [-0.05, 0) is 48.5 Å². The second-order valence-corrected chi connectivity index (χ2v) is 8.37. The molecular weight excluding hydrogens is 394 g/mol. The lowest BCUT2D eigenvalue weighted by Gasteiger charge is -2.15. The Morgan fingerprint density at radius 3 is 2.50 bits per heavy atom. The molecule has 1 heterocycles. The topological polar surface area (TPSA) is 68.4 Å². The van der Waals surface area contributed by atoms with Gasteiger partial charge in [0, 0.05) is 53.0 Å². The number of aromatic nitrogens is 1. The number of fused-ring (bicyclic) bond motifs is 1. The highest BCUT2D eigenvalue weighted by Gasteiger charge is 2.17. The van der Waals surface area contributed by atoms with Crippen LogP contribution in [-0.4, -0.2) is 30.1 Å². The van der Waals surface area contributed by atoms with Gasteiger partial charge < -0.3 is 20.3 Å². The van der Waals surface area contributed by atoms with Gasteiger partial charge in [-0.3, -0.25) is 4.79 Å². The number of hydrogen-bond acceptors (Lipinski definition) is 4. The molecule has 0 saturated heterocycles. The molecule has 0 bridgehead atoms. The van der Waals surface area contributed by atoms with Crippen molar-refractivity contribution in [1.29, 1.82) is 0 Å². The van der Waals surface area contributed by atoms with E-state index in [1.54, 1.807) is 17.8 Å². The van der Waals surface area contributed by atoms with Crippen molar-refractivity contribution < 1.29 is 9.90 Å². The number of benzene rings is 3. The summed E-state index contributed by atoms with van der Waals surface area (Å²) in [5, 5.41) is 14.1. The number of hydrogen-bond donors (Lipinski definition) is 3. The van der Waals surface area contributed by atoms with Gasteiger partial charge >= 0.3 is 0 Å². The van der Waals surface area contributed by atoms with Crippen molar-refractivity contribution in [3.63, 3.8) is 0 Å².